The fraction of sp³-hybridized carbons (Fsp3) is 0.375. The van der Waals surface area contributed by atoms with Gasteiger partial charge in [0.25, 0.3) is 0 Å². The van der Waals surface area contributed by atoms with Gasteiger partial charge in [-0.1, -0.05) is 28.9 Å². The van der Waals surface area contributed by atoms with Gasteiger partial charge in [-0.3, -0.25) is 0 Å². The molecule has 1 aromatic carbocycles. The van der Waals surface area contributed by atoms with Crippen LogP contribution in [0.3, 0.4) is 0 Å². The minimum atomic E-state index is 0.358. The Balaban J connectivity index is 2.11. The summed E-state index contributed by atoms with van der Waals surface area (Å²) in [6.07, 6.45) is 0. The van der Waals surface area contributed by atoms with E-state index in [1.165, 1.54) is 16.1 Å². The lowest BCUT2D eigenvalue weighted by Gasteiger charge is -2.21. The summed E-state index contributed by atoms with van der Waals surface area (Å²) >= 11 is 8.99. The molecule has 0 aliphatic heterocycles. The molecule has 2 rings (SSSR count). The minimum Gasteiger partial charge on any atom is -0.369 e. The number of hydrogen-bond acceptors (Lipinski definition) is 3. The summed E-state index contributed by atoms with van der Waals surface area (Å²) in [6.45, 7) is 6.22. The second-order valence-corrected chi connectivity index (χ2v) is 7.84. The second kappa shape index (κ2) is 7.77. The van der Waals surface area contributed by atoms with Gasteiger partial charge in [-0.2, -0.15) is 0 Å². The van der Waals surface area contributed by atoms with Crippen LogP contribution in [0.1, 0.15) is 30.3 Å². The number of nitrogens with zero attached hydrogens (tertiary/aromatic N) is 1. The Kier molecular flexibility index (Phi) is 6.29. The third-order valence-corrected chi connectivity index (χ3v) is 5.79. The topological polar surface area (TPSA) is 15.3 Å². The summed E-state index contributed by atoms with van der Waals surface area (Å²) in [6, 6.07) is 9.13. The van der Waals surface area contributed by atoms with Crippen molar-refractivity contribution in [2.24, 2.45) is 0 Å². The Morgan fingerprint density at radius 1 is 1.29 bits per heavy atom. The molecular weight excluding hydrogens is 412 g/mol. The van der Waals surface area contributed by atoms with Gasteiger partial charge in [-0.05, 0) is 53.2 Å². The molecule has 1 atom stereocenters. The Morgan fingerprint density at radius 3 is 2.62 bits per heavy atom. The van der Waals surface area contributed by atoms with E-state index in [9.17, 15) is 0 Å². The van der Waals surface area contributed by atoms with Crippen LogP contribution in [0.2, 0.25) is 0 Å². The molecule has 1 N–H and O–H groups in total. The fourth-order valence-electron chi connectivity index (χ4n) is 2.28. The first-order valence-corrected chi connectivity index (χ1v) is 9.44. The lowest BCUT2D eigenvalue weighted by atomic mass is 10.1. The molecule has 0 radical (unpaired) electrons. The van der Waals surface area contributed by atoms with Crippen molar-refractivity contribution in [3.8, 4) is 0 Å². The van der Waals surface area contributed by atoms with E-state index in [4.69, 9.17) is 0 Å². The van der Waals surface area contributed by atoms with Crippen LogP contribution < -0.4 is 10.2 Å². The van der Waals surface area contributed by atoms with Crippen molar-refractivity contribution in [1.82, 2.24) is 5.32 Å². The van der Waals surface area contributed by atoms with E-state index < -0.39 is 0 Å². The summed E-state index contributed by atoms with van der Waals surface area (Å²) < 4.78 is 2.32. The van der Waals surface area contributed by atoms with Gasteiger partial charge in [0, 0.05) is 38.0 Å². The highest BCUT2D eigenvalue weighted by molar-refractivity contribution is 9.10. The van der Waals surface area contributed by atoms with Gasteiger partial charge in [0.05, 0.1) is 6.54 Å². The quantitative estimate of drug-likeness (QED) is 0.642. The monoisotopic (exact) mass is 430 g/mol. The van der Waals surface area contributed by atoms with E-state index in [1.54, 1.807) is 11.3 Å². The number of benzene rings is 1. The first kappa shape index (κ1) is 17.0. The zero-order chi connectivity index (χ0) is 15.4. The van der Waals surface area contributed by atoms with Gasteiger partial charge in [0.2, 0.25) is 0 Å². The summed E-state index contributed by atoms with van der Waals surface area (Å²) in [5.74, 6) is 0. The van der Waals surface area contributed by atoms with E-state index in [-0.39, 0.29) is 0 Å². The van der Waals surface area contributed by atoms with Crippen molar-refractivity contribution in [1.29, 1.82) is 0 Å². The number of anilines is 1. The number of rotatable bonds is 6. The summed E-state index contributed by atoms with van der Waals surface area (Å²) in [4.78, 5) is 3.62. The third-order valence-electron chi connectivity index (χ3n) is 3.42. The minimum absolute atomic E-state index is 0.358. The molecule has 0 aliphatic carbocycles. The van der Waals surface area contributed by atoms with Crippen molar-refractivity contribution < 1.29 is 0 Å². The van der Waals surface area contributed by atoms with E-state index in [0.29, 0.717) is 6.04 Å². The largest absolute Gasteiger partial charge is 0.369 e. The van der Waals surface area contributed by atoms with Gasteiger partial charge in [-0.15, -0.1) is 11.3 Å². The molecule has 114 valence electrons. The average Bonchev–Trinajstić information content (AvgIpc) is 2.84. The smallest absolute Gasteiger partial charge is 0.0519 e. The number of nitrogens with one attached hydrogen (secondary N) is 1. The summed E-state index contributed by atoms with van der Waals surface area (Å²) in [5.41, 5.74) is 2.52. The van der Waals surface area contributed by atoms with Crippen LogP contribution in [-0.2, 0) is 6.54 Å². The lowest BCUT2D eigenvalue weighted by molar-refractivity contribution is 0.596. The SMILES string of the molecule is CCNC(C)c1ccc(N(C)Cc2cc(Br)cs2)cc1Br. The summed E-state index contributed by atoms with van der Waals surface area (Å²) in [7, 11) is 2.13. The van der Waals surface area contributed by atoms with E-state index in [1.807, 2.05) is 0 Å². The highest BCUT2D eigenvalue weighted by Crippen LogP contribution is 2.29. The van der Waals surface area contributed by atoms with E-state index >= 15 is 0 Å². The Morgan fingerprint density at radius 2 is 2.05 bits per heavy atom. The molecule has 0 amide bonds. The van der Waals surface area contributed by atoms with Gasteiger partial charge in [0.15, 0.2) is 0 Å². The molecular formula is C16H20Br2N2S. The van der Waals surface area contributed by atoms with E-state index in [0.717, 1.165) is 22.0 Å². The van der Waals surface area contributed by atoms with Crippen LogP contribution in [0.4, 0.5) is 5.69 Å². The first-order valence-electron chi connectivity index (χ1n) is 6.98. The molecule has 2 aromatic rings. The molecule has 1 aromatic heterocycles. The molecule has 0 saturated carbocycles. The molecule has 0 aliphatic rings. The van der Waals surface area contributed by atoms with Gasteiger partial charge in [-0.25, -0.2) is 0 Å². The maximum absolute atomic E-state index is 3.70. The molecule has 0 spiro atoms. The van der Waals surface area contributed by atoms with E-state index in [2.05, 4.69) is 92.6 Å². The Bertz CT molecular complexity index is 598. The van der Waals surface area contributed by atoms with Crippen LogP contribution in [0.15, 0.2) is 38.6 Å². The van der Waals surface area contributed by atoms with Crippen LogP contribution in [-0.4, -0.2) is 13.6 Å². The van der Waals surface area contributed by atoms with Crippen molar-refractivity contribution >= 4 is 48.9 Å². The Hall–Kier alpha value is -0.360. The zero-order valence-electron chi connectivity index (χ0n) is 12.5. The average molecular weight is 432 g/mol. The van der Waals surface area contributed by atoms with Crippen molar-refractivity contribution in [2.45, 2.75) is 26.4 Å². The van der Waals surface area contributed by atoms with Crippen molar-refractivity contribution in [3.63, 3.8) is 0 Å². The molecule has 21 heavy (non-hydrogen) atoms. The highest BCUT2D eigenvalue weighted by Gasteiger charge is 2.11. The molecule has 1 heterocycles. The molecule has 5 heteroatoms. The molecule has 2 nitrogen and oxygen atoms in total. The van der Waals surface area contributed by atoms with Crippen LogP contribution in [0, 0.1) is 0 Å². The number of hydrogen-bond donors (Lipinski definition) is 1. The normalized spacial score (nSPS) is 12.4. The number of halogens is 2. The Labute approximate surface area is 147 Å². The predicted octanol–water partition coefficient (Wildman–Crippen LogP) is 5.58. The zero-order valence-corrected chi connectivity index (χ0v) is 16.5. The molecule has 0 fully saturated rings. The third kappa shape index (κ3) is 4.55. The fourth-order valence-corrected chi connectivity index (χ4v) is 4.50. The highest BCUT2D eigenvalue weighted by atomic mass is 79.9. The van der Waals surface area contributed by atoms with Gasteiger partial charge >= 0.3 is 0 Å². The summed E-state index contributed by atoms with van der Waals surface area (Å²) in [5, 5.41) is 5.57. The standard InChI is InChI=1S/C16H20Br2N2S/c1-4-19-11(2)15-6-5-13(8-16(15)18)20(3)9-14-7-12(17)10-21-14/h5-8,10-11,19H,4,9H2,1-3H3. The van der Waals surface area contributed by atoms with Crippen LogP contribution in [0.5, 0.6) is 0 Å². The second-order valence-electron chi connectivity index (χ2n) is 5.07. The predicted molar refractivity (Wildman–Crippen MR) is 100 cm³/mol. The number of thiophene rings is 1. The maximum atomic E-state index is 3.70. The van der Waals surface area contributed by atoms with Gasteiger partial charge in [0.1, 0.15) is 0 Å². The molecule has 0 saturated heterocycles. The van der Waals surface area contributed by atoms with Crippen LogP contribution in [0.25, 0.3) is 0 Å². The maximum Gasteiger partial charge on any atom is 0.0519 e. The van der Waals surface area contributed by atoms with Crippen molar-refractivity contribution in [3.05, 3.63) is 49.0 Å². The van der Waals surface area contributed by atoms with Crippen molar-refractivity contribution in [2.75, 3.05) is 18.5 Å². The van der Waals surface area contributed by atoms with Crippen LogP contribution >= 0.6 is 43.2 Å². The molecule has 1 unspecified atom stereocenters. The van der Waals surface area contributed by atoms with Gasteiger partial charge < -0.3 is 10.2 Å². The first-order chi connectivity index (χ1) is 10.0. The lowest BCUT2D eigenvalue weighted by Crippen LogP contribution is -2.19. The molecule has 0 bridgehead atoms.